The Hall–Kier alpha value is -2.21. The van der Waals surface area contributed by atoms with Crippen LogP contribution in [0, 0.1) is 0 Å². The van der Waals surface area contributed by atoms with E-state index in [1.807, 2.05) is 0 Å². The molecule has 1 rings (SSSR count). The number of methoxy groups -OCH3 is 3. The van der Waals surface area contributed by atoms with Crippen LogP contribution in [0.15, 0.2) is 18.2 Å². The molecule has 0 bridgehead atoms. The fourth-order valence-corrected chi connectivity index (χ4v) is 1.65. The number of nitrogens with zero attached hydrogens (tertiary/aromatic N) is 1. The van der Waals surface area contributed by atoms with Gasteiger partial charge < -0.3 is 14.2 Å². The van der Waals surface area contributed by atoms with Crippen LogP contribution in [0.25, 0.3) is 6.08 Å². The average molecular weight is 314 g/mol. The number of carbonyl (C=O) groups is 2. The highest BCUT2D eigenvalue weighted by atomic mass is 35.5. The fourth-order valence-electron chi connectivity index (χ4n) is 1.56. The summed E-state index contributed by atoms with van der Waals surface area (Å²) in [6.45, 7) is 0. The summed E-state index contributed by atoms with van der Waals surface area (Å²) in [4.78, 5) is 23.3. The maximum Gasteiger partial charge on any atom is 0.323 e. The van der Waals surface area contributed by atoms with Gasteiger partial charge in [0.2, 0.25) is 5.75 Å². The van der Waals surface area contributed by atoms with Crippen LogP contribution < -0.4 is 14.2 Å². The third kappa shape index (κ3) is 4.13. The van der Waals surface area contributed by atoms with E-state index < -0.39 is 11.3 Å². The summed E-state index contributed by atoms with van der Waals surface area (Å²) in [6, 6.07) is 3.35. The summed E-state index contributed by atoms with van der Waals surface area (Å²) in [7, 11) is 5.78. The van der Waals surface area contributed by atoms with Crippen LogP contribution in [0.1, 0.15) is 5.56 Å². The first-order valence-corrected chi connectivity index (χ1v) is 6.27. The van der Waals surface area contributed by atoms with Gasteiger partial charge in [0.1, 0.15) is 0 Å². The third-order valence-electron chi connectivity index (χ3n) is 2.70. The summed E-state index contributed by atoms with van der Waals surface area (Å²) in [5.41, 5.74) is 0.647. The van der Waals surface area contributed by atoms with Gasteiger partial charge in [-0.1, -0.05) is 0 Å². The van der Waals surface area contributed by atoms with Crippen molar-refractivity contribution < 1.29 is 23.8 Å². The van der Waals surface area contributed by atoms with Gasteiger partial charge in [-0.15, -0.1) is 0 Å². The van der Waals surface area contributed by atoms with E-state index in [1.54, 1.807) is 12.1 Å². The smallest absolute Gasteiger partial charge is 0.323 e. The Morgan fingerprint density at radius 2 is 1.62 bits per heavy atom. The van der Waals surface area contributed by atoms with Crippen molar-refractivity contribution in [3.8, 4) is 17.2 Å². The van der Waals surface area contributed by atoms with E-state index in [9.17, 15) is 9.59 Å². The van der Waals surface area contributed by atoms with Gasteiger partial charge in [-0.25, -0.2) is 0 Å². The molecule has 0 spiro atoms. The van der Waals surface area contributed by atoms with Crippen molar-refractivity contribution in [1.82, 2.24) is 4.90 Å². The first-order valence-electron chi connectivity index (χ1n) is 5.89. The number of benzene rings is 1. The SMILES string of the molecule is COc1cc(/C=C/C(=O)N(C)C(=O)Cl)cc(OC)c1OC. The minimum absolute atomic E-state index is 0.455. The second-order valence-corrected chi connectivity index (χ2v) is 4.27. The standard InChI is InChI=1S/C14H16ClNO5/c1-16(14(15)18)12(17)6-5-9-7-10(19-2)13(21-4)11(8-9)20-3/h5-8H,1-4H3/b6-5+. The largest absolute Gasteiger partial charge is 0.493 e. The molecule has 1 aromatic rings. The first kappa shape index (κ1) is 16.8. The molecular formula is C14H16ClNO5. The monoisotopic (exact) mass is 313 g/mol. The number of amides is 2. The summed E-state index contributed by atoms with van der Waals surface area (Å²) >= 11 is 5.22. The van der Waals surface area contributed by atoms with Crippen LogP contribution in [-0.2, 0) is 4.79 Å². The molecule has 0 saturated heterocycles. The van der Waals surface area contributed by atoms with Crippen molar-refractivity contribution in [2.45, 2.75) is 0 Å². The van der Waals surface area contributed by atoms with Crippen LogP contribution in [0.5, 0.6) is 17.2 Å². The quantitative estimate of drug-likeness (QED) is 0.475. The van der Waals surface area contributed by atoms with Gasteiger partial charge in [0, 0.05) is 13.1 Å². The summed E-state index contributed by atoms with van der Waals surface area (Å²) in [6.07, 6.45) is 2.74. The molecule has 21 heavy (non-hydrogen) atoms. The Balaban J connectivity index is 3.09. The number of hydrogen-bond donors (Lipinski definition) is 0. The Morgan fingerprint density at radius 1 is 1.10 bits per heavy atom. The van der Waals surface area contributed by atoms with Crippen LogP contribution >= 0.6 is 11.6 Å². The highest BCUT2D eigenvalue weighted by molar-refractivity contribution is 6.64. The second kappa shape index (κ2) is 7.54. The molecule has 2 amide bonds. The number of hydrogen-bond acceptors (Lipinski definition) is 5. The molecule has 0 aliphatic heterocycles. The lowest BCUT2D eigenvalue weighted by Crippen LogP contribution is -2.26. The minimum Gasteiger partial charge on any atom is -0.493 e. The van der Waals surface area contributed by atoms with E-state index in [1.165, 1.54) is 40.5 Å². The molecule has 0 heterocycles. The maximum absolute atomic E-state index is 11.6. The van der Waals surface area contributed by atoms with Gasteiger partial charge >= 0.3 is 5.37 Å². The third-order valence-corrected chi connectivity index (χ3v) is 2.95. The van der Waals surface area contributed by atoms with Gasteiger partial charge in [-0.3, -0.25) is 14.5 Å². The van der Waals surface area contributed by atoms with Gasteiger partial charge in [0.25, 0.3) is 5.91 Å². The molecule has 0 unspecified atom stereocenters. The van der Waals surface area contributed by atoms with Gasteiger partial charge in [0.15, 0.2) is 11.5 Å². The molecule has 0 saturated carbocycles. The summed E-state index contributed by atoms with van der Waals surface area (Å²) in [5, 5.41) is -0.852. The lowest BCUT2D eigenvalue weighted by Gasteiger charge is -2.13. The van der Waals surface area contributed by atoms with Crippen LogP contribution in [0.3, 0.4) is 0 Å². The zero-order valence-electron chi connectivity index (χ0n) is 12.2. The molecule has 0 radical (unpaired) electrons. The molecule has 7 heteroatoms. The van der Waals surface area contributed by atoms with Crippen molar-refractivity contribution in [1.29, 1.82) is 0 Å². The van der Waals surface area contributed by atoms with Gasteiger partial charge in [0.05, 0.1) is 21.3 Å². The molecule has 0 N–H and O–H groups in total. The van der Waals surface area contributed by atoms with Crippen molar-refractivity contribution in [2.24, 2.45) is 0 Å². The Bertz CT molecular complexity index is 545. The normalized spacial score (nSPS) is 10.3. The van der Waals surface area contributed by atoms with Gasteiger partial charge in [-0.2, -0.15) is 0 Å². The second-order valence-electron chi connectivity index (χ2n) is 3.94. The lowest BCUT2D eigenvalue weighted by molar-refractivity contribution is -0.121. The molecule has 0 atom stereocenters. The number of rotatable bonds is 5. The topological polar surface area (TPSA) is 65.1 Å². The molecule has 1 aromatic carbocycles. The summed E-state index contributed by atoms with van der Waals surface area (Å²) in [5.74, 6) is 0.844. The van der Waals surface area contributed by atoms with Crippen molar-refractivity contribution in [2.75, 3.05) is 28.4 Å². The first-order chi connectivity index (χ1) is 9.94. The number of imide groups is 1. The molecule has 0 fully saturated rings. The number of ether oxygens (including phenoxy) is 3. The average Bonchev–Trinajstić information content (AvgIpc) is 2.50. The predicted molar refractivity (Wildman–Crippen MR) is 79.2 cm³/mol. The van der Waals surface area contributed by atoms with E-state index in [2.05, 4.69) is 0 Å². The highest BCUT2D eigenvalue weighted by Gasteiger charge is 2.13. The molecule has 114 valence electrons. The van der Waals surface area contributed by atoms with E-state index >= 15 is 0 Å². The van der Waals surface area contributed by atoms with Crippen molar-refractivity contribution in [3.63, 3.8) is 0 Å². The Kier molecular flexibility index (Phi) is 6.05. The van der Waals surface area contributed by atoms with Crippen molar-refractivity contribution >= 4 is 29.0 Å². The number of carbonyl (C=O) groups excluding carboxylic acids is 2. The van der Waals surface area contributed by atoms with E-state index in [0.717, 1.165) is 4.90 Å². The zero-order chi connectivity index (χ0) is 16.0. The summed E-state index contributed by atoms with van der Waals surface area (Å²) < 4.78 is 15.6. The highest BCUT2D eigenvalue weighted by Crippen LogP contribution is 2.38. The van der Waals surface area contributed by atoms with Crippen LogP contribution in [0.4, 0.5) is 4.79 Å². The predicted octanol–water partition coefficient (Wildman–Crippen LogP) is 2.54. The van der Waals surface area contributed by atoms with Gasteiger partial charge in [-0.05, 0) is 35.4 Å². The molecular weight excluding hydrogens is 298 g/mol. The minimum atomic E-state index is -0.852. The molecule has 0 aliphatic rings. The van der Waals surface area contributed by atoms with Crippen LogP contribution in [0.2, 0.25) is 0 Å². The van der Waals surface area contributed by atoms with E-state index in [4.69, 9.17) is 25.8 Å². The Morgan fingerprint density at radius 3 is 2.00 bits per heavy atom. The number of likely N-dealkylation sites (N-methyl/N-ethyl adjacent to an activating group) is 1. The maximum atomic E-state index is 11.6. The van der Waals surface area contributed by atoms with E-state index in [-0.39, 0.29) is 0 Å². The molecule has 6 nitrogen and oxygen atoms in total. The van der Waals surface area contributed by atoms with Crippen LogP contribution in [-0.4, -0.2) is 44.6 Å². The fraction of sp³-hybridized carbons (Fsp3) is 0.286. The van der Waals surface area contributed by atoms with E-state index in [0.29, 0.717) is 22.8 Å². The molecule has 0 aliphatic carbocycles. The Labute approximate surface area is 127 Å². The van der Waals surface area contributed by atoms with Crippen molar-refractivity contribution in [3.05, 3.63) is 23.8 Å². The lowest BCUT2D eigenvalue weighted by atomic mass is 10.1. The number of halogens is 1. The zero-order valence-corrected chi connectivity index (χ0v) is 12.9. The molecule has 0 aromatic heterocycles.